The number of hydrogen-bond donors (Lipinski definition) is 2. The minimum atomic E-state index is -0.919. The van der Waals surface area contributed by atoms with Crippen LogP contribution in [-0.4, -0.2) is 32.0 Å². The first kappa shape index (κ1) is 15.7. The third-order valence-corrected chi connectivity index (χ3v) is 2.89. The zero-order valence-corrected chi connectivity index (χ0v) is 11.9. The lowest BCUT2D eigenvalue weighted by Gasteiger charge is -1.95. The number of benzene rings is 1. The number of thioether (sulfide) groups is 1. The molecule has 0 aliphatic rings. The fourth-order valence-corrected chi connectivity index (χ4v) is 1.82. The Morgan fingerprint density at radius 3 is 2.90 bits per heavy atom. The quantitative estimate of drug-likeness (QED) is 0.839. The summed E-state index contributed by atoms with van der Waals surface area (Å²) in [6, 6.07) is 8.97. The normalized spacial score (nSPS) is 9.25. The first-order valence-corrected chi connectivity index (χ1v) is 6.95. The number of nitrogens with one attached hydrogen (secondary N) is 1. The largest absolute Gasteiger partial charge is 0.481 e. The molecule has 104 valence electrons. The SMILES string of the molecule is CC.N#Cc1cccc(-c2nc(SCC(=O)O)n[nH]2)c1. The van der Waals surface area contributed by atoms with E-state index in [9.17, 15) is 4.79 Å². The number of nitrogens with zero attached hydrogens (tertiary/aromatic N) is 3. The van der Waals surface area contributed by atoms with Crippen molar-refractivity contribution in [3.8, 4) is 17.5 Å². The molecule has 0 radical (unpaired) electrons. The Morgan fingerprint density at radius 2 is 2.25 bits per heavy atom. The number of carboxylic acids is 1. The van der Waals surface area contributed by atoms with Gasteiger partial charge in [-0.2, -0.15) is 5.26 Å². The molecule has 0 saturated carbocycles. The molecule has 0 bridgehead atoms. The van der Waals surface area contributed by atoms with Gasteiger partial charge in [-0.15, -0.1) is 5.10 Å². The van der Waals surface area contributed by atoms with Crippen LogP contribution in [0.15, 0.2) is 29.4 Å². The van der Waals surface area contributed by atoms with Gasteiger partial charge in [0, 0.05) is 5.56 Å². The van der Waals surface area contributed by atoms with Gasteiger partial charge in [-0.1, -0.05) is 37.7 Å². The van der Waals surface area contributed by atoms with Crippen LogP contribution in [0.5, 0.6) is 0 Å². The fraction of sp³-hybridized carbons (Fsp3) is 0.231. The van der Waals surface area contributed by atoms with Crippen LogP contribution in [0.3, 0.4) is 0 Å². The van der Waals surface area contributed by atoms with Gasteiger partial charge in [0.05, 0.1) is 17.4 Å². The number of nitriles is 1. The first-order chi connectivity index (χ1) is 9.69. The number of aromatic amines is 1. The molecular formula is C13H14N4O2S. The molecule has 7 heteroatoms. The van der Waals surface area contributed by atoms with Gasteiger partial charge in [-0.05, 0) is 12.1 Å². The Kier molecular flexibility index (Phi) is 6.26. The van der Waals surface area contributed by atoms with E-state index in [1.54, 1.807) is 24.3 Å². The van der Waals surface area contributed by atoms with Crippen molar-refractivity contribution in [2.24, 2.45) is 0 Å². The summed E-state index contributed by atoms with van der Waals surface area (Å²) in [6.45, 7) is 4.00. The van der Waals surface area contributed by atoms with E-state index in [0.717, 1.165) is 17.3 Å². The minimum absolute atomic E-state index is 0.0878. The van der Waals surface area contributed by atoms with Crippen LogP contribution < -0.4 is 0 Å². The standard InChI is InChI=1S/C11H8N4O2S.C2H6/c12-5-7-2-1-3-8(4-7)10-13-11(15-14-10)18-6-9(16)17;1-2/h1-4H,6H2,(H,16,17)(H,13,14,15);1-2H3. The van der Waals surface area contributed by atoms with Crippen molar-refractivity contribution in [1.29, 1.82) is 5.26 Å². The minimum Gasteiger partial charge on any atom is -0.481 e. The zero-order chi connectivity index (χ0) is 15.0. The van der Waals surface area contributed by atoms with Gasteiger partial charge in [0.25, 0.3) is 0 Å². The molecule has 20 heavy (non-hydrogen) atoms. The molecule has 0 amide bonds. The van der Waals surface area contributed by atoms with Gasteiger partial charge < -0.3 is 5.11 Å². The highest BCUT2D eigenvalue weighted by Gasteiger charge is 2.08. The highest BCUT2D eigenvalue weighted by Crippen LogP contribution is 2.19. The van der Waals surface area contributed by atoms with E-state index in [4.69, 9.17) is 10.4 Å². The Bertz CT molecular complexity index is 619. The van der Waals surface area contributed by atoms with Crippen LogP contribution in [0.1, 0.15) is 19.4 Å². The van der Waals surface area contributed by atoms with Gasteiger partial charge in [0.1, 0.15) is 0 Å². The van der Waals surface area contributed by atoms with Crippen LogP contribution in [0, 0.1) is 11.3 Å². The molecule has 0 spiro atoms. The summed E-state index contributed by atoms with van der Waals surface area (Å²) in [7, 11) is 0. The van der Waals surface area contributed by atoms with E-state index in [1.165, 1.54) is 0 Å². The average molecular weight is 290 g/mol. The average Bonchev–Trinajstić information content (AvgIpc) is 2.96. The second-order valence-corrected chi connectivity index (χ2v) is 4.28. The summed E-state index contributed by atoms with van der Waals surface area (Å²) < 4.78 is 0. The van der Waals surface area contributed by atoms with Crippen LogP contribution in [-0.2, 0) is 4.79 Å². The van der Waals surface area contributed by atoms with Crippen LogP contribution in [0.25, 0.3) is 11.4 Å². The number of carboxylic acid groups (broad SMARTS) is 1. The van der Waals surface area contributed by atoms with Crippen molar-refractivity contribution >= 4 is 17.7 Å². The predicted octanol–water partition coefficient (Wildman–Crippen LogP) is 2.55. The Morgan fingerprint density at radius 1 is 1.50 bits per heavy atom. The number of aliphatic carboxylic acids is 1. The summed E-state index contributed by atoms with van der Waals surface area (Å²) in [6.07, 6.45) is 0. The fourth-order valence-electron chi connectivity index (χ4n) is 1.30. The van der Waals surface area contributed by atoms with Gasteiger partial charge >= 0.3 is 5.97 Å². The molecule has 0 fully saturated rings. The number of hydrogen-bond acceptors (Lipinski definition) is 5. The molecule has 0 saturated heterocycles. The summed E-state index contributed by atoms with van der Waals surface area (Å²) in [5, 5.41) is 24.3. The van der Waals surface area contributed by atoms with E-state index in [0.29, 0.717) is 16.5 Å². The molecule has 2 rings (SSSR count). The summed E-state index contributed by atoms with van der Waals surface area (Å²) in [5.74, 6) is -0.493. The highest BCUT2D eigenvalue weighted by atomic mass is 32.2. The van der Waals surface area contributed by atoms with E-state index < -0.39 is 5.97 Å². The Hall–Kier alpha value is -2.33. The summed E-state index contributed by atoms with van der Waals surface area (Å²) in [4.78, 5) is 14.6. The molecule has 1 aromatic heterocycles. The van der Waals surface area contributed by atoms with Crippen molar-refractivity contribution in [1.82, 2.24) is 15.2 Å². The zero-order valence-electron chi connectivity index (χ0n) is 11.1. The molecule has 2 aromatic rings. The molecule has 0 unspecified atom stereocenters. The lowest BCUT2D eigenvalue weighted by molar-refractivity contribution is -0.133. The van der Waals surface area contributed by atoms with Crippen molar-refractivity contribution < 1.29 is 9.90 Å². The third kappa shape index (κ3) is 4.40. The molecular weight excluding hydrogens is 276 g/mol. The highest BCUT2D eigenvalue weighted by molar-refractivity contribution is 7.99. The molecule has 0 atom stereocenters. The van der Waals surface area contributed by atoms with Crippen LogP contribution >= 0.6 is 11.8 Å². The van der Waals surface area contributed by atoms with Crippen molar-refractivity contribution in [2.45, 2.75) is 19.0 Å². The maximum Gasteiger partial charge on any atom is 0.313 e. The predicted molar refractivity (Wildman–Crippen MR) is 76.2 cm³/mol. The summed E-state index contributed by atoms with van der Waals surface area (Å²) >= 11 is 1.04. The molecule has 1 aromatic carbocycles. The monoisotopic (exact) mass is 290 g/mol. The van der Waals surface area contributed by atoms with Gasteiger partial charge in [0.2, 0.25) is 5.16 Å². The van der Waals surface area contributed by atoms with E-state index >= 15 is 0 Å². The topological polar surface area (TPSA) is 103 Å². The molecule has 1 heterocycles. The second-order valence-electron chi connectivity index (χ2n) is 3.34. The van der Waals surface area contributed by atoms with E-state index in [-0.39, 0.29) is 5.75 Å². The molecule has 6 nitrogen and oxygen atoms in total. The van der Waals surface area contributed by atoms with Gasteiger partial charge in [-0.3, -0.25) is 9.89 Å². The number of carbonyl (C=O) groups is 1. The second kappa shape index (κ2) is 7.96. The Balaban J connectivity index is 0.000000956. The number of rotatable bonds is 4. The molecule has 0 aliphatic heterocycles. The van der Waals surface area contributed by atoms with Crippen molar-refractivity contribution in [3.05, 3.63) is 29.8 Å². The van der Waals surface area contributed by atoms with Crippen LogP contribution in [0.2, 0.25) is 0 Å². The Labute approximate surface area is 120 Å². The first-order valence-electron chi connectivity index (χ1n) is 5.96. The van der Waals surface area contributed by atoms with Gasteiger partial charge in [0.15, 0.2) is 5.82 Å². The van der Waals surface area contributed by atoms with Crippen molar-refractivity contribution in [3.63, 3.8) is 0 Å². The van der Waals surface area contributed by atoms with Gasteiger partial charge in [-0.25, -0.2) is 4.98 Å². The van der Waals surface area contributed by atoms with Crippen molar-refractivity contribution in [2.75, 3.05) is 5.75 Å². The molecule has 0 aliphatic carbocycles. The van der Waals surface area contributed by atoms with E-state index in [2.05, 4.69) is 15.2 Å². The third-order valence-electron chi connectivity index (χ3n) is 2.05. The summed E-state index contributed by atoms with van der Waals surface area (Å²) in [5.41, 5.74) is 1.27. The van der Waals surface area contributed by atoms with E-state index in [1.807, 2.05) is 19.9 Å². The smallest absolute Gasteiger partial charge is 0.313 e. The lowest BCUT2D eigenvalue weighted by atomic mass is 10.1. The number of aromatic nitrogens is 3. The van der Waals surface area contributed by atoms with Crippen LogP contribution in [0.4, 0.5) is 0 Å². The number of H-pyrrole nitrogens is 1. The lowest BCUT2D eigenvalue weighted by Crippen LogP contribution is -1.97. The molecule has 2 N–H and O–H groups in total. The maximum atomic E-state index is 10.4. The maximum absolute atomic E-state index is 10.4.